The Balaban J connectivity index is 2.02. The third-order valence-corrected chi connectivity index (χ3v) is 4.51. The maximum absolute atomic E-state index is 9.48. The number of nitriles is 1. The van der Waals surface area contributed by atoms with Crippen molar-refractivity contribution >= 4 is 5.82 Å². The molecule has 23 heavy (non-hydrogen) atoms. The summed E-state index contributed by atoms with van der Waals surface area (Å²) in [6, 6.07) is 8.90. The van der Waals surface area contributed by atoms with E-state index >= 15 is 0 Å². The van der Waals surface area contributed by atoms with Gasteiger partial charge in [-0.2, -0.15) is 5.26 Å². The lowest BCUT2D eigenvalue weighted by atomic mass is 10.00. The van der Waals surface area contributed by atoms with E-state index in [2.05, 4.69) is 48.0 Å². The van der Waals surface area contributed by atoms with E-state index in [4.69, 9.17) is 0 Å². The number of nitrogens with zero attached hydrogens (tertiary/aromatic N) is 5. The molecule has 0 N–H and O–H groups in total. The fraction of sp³-hybridized carbons (Fsp3) is 0.500. The molecule has 2 aromatic rings. The normalized spacial score (nSPS) is 18.0. The molecule has 120 valence electrons. The van der Waals surface area contributed by atoms with Gasteiger partial charge in [0, 0.05) is 12.6 Å². The molecule has 0 amide bonds. The molecule has 3 rings (SSSR count). The van der Waals surface area contributed by atoms with Gasteiger partial charge in [-0.15, -0.1) is 15.0 Å². The van der Waals surface area contributed by atoms with Gasteiger partial charge >= 0.3 is 0 Å². The first-order valence-electron chi connectivity index (χ1n) is 8.35. The minimum absolute atomic E-state index is 0.421. The summed E-state index contributed by atoms with van der Waals surface area (Å²) in [5, 5.41) is 18.6. The summed E-state index contributed by atoms with van der Waals surface area (Å²) >= 11 is 0. The van der Waals surface area contributed by atoms with Crippen molar-refractivity contribution in [3.8, 4) is 11.8 Å². The summed E-state index contributed by atoms with van der Waals surface area (Å²) < 4.78 is 0. The molecular weight excluding hydrogens is 286 g/mol. The minimum Gasteiger partial charge on any atom is -0.350 e. The van der Waals surface area contributed by atoms with Crippen LogP contribution in [0.3, 0.4) is 0 Å². The highest BCUT2D eigenvalue weighted by Gasteiger charge is 2.26. The monoisotopic (exact) mass is 309 g/mol. The molecular formula is C18H23N5. The smallest absolute Gasteiger partial charge is 0.207 e. The summed E-state index contributed by atoms with van der Waals surface area (Å²) in [5.41, 5.74) is 3.67. The van der Waals surface area contributed by atoms with E-state index in [0.717, 1.165) is 37.3 Å². The van der Waals surface area contributed by atoms with Gasteiger partial charge in [0.25, 0.3) is 0 Å². The molecule has 5 nitrogen and oxygen atoms in total. The zero-order valence-electron chi connectivity index (χ0n) is 14.1. The van der Waals surface area contributed by atoms with Crippen LogP contribution in [0.25, 0.3) is 5.69 Å². The number of aryl methyl sites for hydroxylation is 2. The molecule has 0 aliphatic carbocycles. The molecule has 1 aromatic heterocycles. The molecule has 1 saturated heterocycles. The lowest BCUT2D eigenvalue weighted by Crippen LogP contribution is -2.39. The summed E-state index contributed by atoms with van der Waals surface area (Å²) in [6.07, 6.45) is 4.64. The Kier molecular flexibility index (Phi) is 4.33. The molecule has 5 heteroatoms. The van der Waals surface area contributed by atoms with Gasteiger partial charge in [0.1, 0.15) is 6.07 Å². The molecule has 0 unspecified atom stereocenters. The second kappa shape index (κ2) is 6.41. The average Bonchev–Trinajstić information content (AvgIpc) is 2.98. The fourth-order valence-electron chi connectivity index (χ4n) is 3.45. The van der Waals surface area contributed by atoms with Crippen LogP contribution in [0, 0.1) is 25.2 Å². The summed E-state index contributed by atoms with van der Waals surface area (Å²) in [7, 11) is 0. The highest BCUT2D eigenvalue weighted by Crippen LogP contribution is 2.27. The standard InChI is InChI=1S/C18H23N5/c1-4-15-7-5-6-8-22(15)18-17(12-19)20-23(21-18)16-10-13(2)9-14(3)11-16/h9-11,15H,4-8H2,1-3H3/t15-/m0/s1. The largest absolute Gasteiger partial charge is 0.350 e. The van der Waals surface area contributed by atoms with Gasteiger partial charge in [0.05, 0.1) is 5.69 Å². The van der Waals surface area contributed by atoms with E-state index in [9.17, 15) is 5.26 Å². The third kappa shape index (κ3) is 3.07. The minimum atomic E-state index is 0.421. The van der Waals surface area contributed by atoms with Crippen molar-refractivity contribution in [3.63, 3.8) is 0 Å². The topological polar surface area (TPSA) is 57.7 Å². The maximum Gasteiger partial charge on any atom is 0.207 e. The Morgan fingerprint density at radius 3 is 2.57 bits per heavy atom. The van der Waals surface area contributed by atoms with Crippen LogP contribution in [0.15, 0.2) is 18.2 Å². The molecule has 0 radical (unpaired) electrons. The van der Waals surface area contributed by atoms with Crippen LogP contribution >= 0.6 is 0 Å². The first-order valence-corrected chi connectivity index (χ1v) is 8.35. The maximum atomic E-state index is 9.48. The van der Waals surface area contributed by atoms with Crippen molar-refractivity contribution in [2.75, 3.05) is 11.4 Å². The number of aromatic nitrogens is 3. The Morgan fingerprint density at radius 1 is 1.17 bits per heavy atom. The van der Waals surface area contributed by atoms with Crippen molar-refractivity contribution in [1.82, 2.24) is 15.0 Å². The predicted molar refractivity (Wildman–Crippen MR) is 90.8 cm³/mol. The summed E-state index contributed by atoms with van der Waals surface area (Å²) in [4.78, 5) is 3.88. The van der Waals surface area contributed by atoms with Crippen LogP contribution in [0.5, 0.6) is 0 Å². The van der Waals surface area contributed by atoms with Crippen molar-refractivity contribution in [1.29, 1.82) is 5.26 Å². The average molecular weight is 309 g/mol. The number of anilines is 1. The number of rotatable bonds is 3. The van der Waals surface area contributed by atoms with Crippen molar-refractivity contribution in [2.24, 2.45) is 0 Å². The summed E-state index contributed by atoms with van der Waals surface area (Å²) in [5.74, 6) is 0.734. The Morgan fingerprint density at radius 2 is 1.91 bits per heavy atom. The molecule has 1 aliphatic rings. The van der Waals surface area contributed by atoms with Crippen LogP contribution in [0.4, 0.5) is 5.82 Å². The van der Waals surface area contributed by atoms with Gasteiger partial charge in [0.15, 0.2) is 5.82 Å². The van der Waals surface area contributed by atoms with Crippen molar-refractivity contribution in [3.05, 3.63) is 35.0 Å². The molecule has 0 spiro atoms. The van der Waals surface area contributed by atoms with Gasteiger partial charge in [-0.3, -0.25) is 0 Å². The van der Waals surface area contributed by atoms with Gasteiger partial charge < -0.3 is 4.90 Å². The molecule has 1 aliphatic heterocycles. The SMILES string of the molecule is CC[C@H]1CCCCN1c1nn(-c2cc(C)cc(C)c2)nc1C#N. The van der Waals surface area contributed by atoms with E-state index in [1.54, 1.807) is 4.80 Å². The van der Waals surface area contributed by atoms with Gasteiger partial charge in [-0.05, 0) is 62.8 Å². The van der Waals surface area contributed by atoms with Gasteiger partial charge in [-0.25, -0.2) is 0 Å². The highest BCUT2D eigenvalue weighted by atomic mass is 15.5. The number of hydrogen-bond acceptors (Lipinski definition) is 4. The Bertz CT molecular complexity index is 720. The van der Waals surface area contributed by atoms with E-state index in [1.165, 1.54) is 17.5 Å². The Hall–Kier alpha value is -2.35. The van der Waals surface area contributed by atoms with E-state index < -0.39 is 0 Å². The van der Waals surface area contributed by atoms with Crippen molar-refractivity contribution in [2.45, 2.75) is 52.5 Å². The quantitative estimate of drug-likeness (QED) is 0.870. The predicted octanol–water partition coefficient (Wildman–Crippen LogP) is 3.52. The van der Waals surface area contributed by atoms with Gasteiger partial charge in [0.2, 0.25) is 5.69 Å². The zero-order chi connectivity index (χ0) is 16.4. The number of piperidine rings is 1. The molecule has 1 aromatic carbocycles. The highest BCUT2D eigenvalue weighted by molar-refractivity contribution is 5.51. The lowest BCUT2D eigenvalue weighted by Gasteiger charge is -2.35. The second-order valence-electron chi connectivity index (χ2n) is 6.37. The zero-order valence-corrected chi connectivity index (χ0v) is 14.1. The second-order valence-corrected chi connectivity index (χ2v) is 6.37. The lowest BCUT2D eigenvalue weighted by molar-refractivity contribution is 0.446. The third-order valence-electron chi connectivity index (χ3n) is 4.51. The van der Waals surface area contributed by atoms with E-state index in [1.807, 2.05) is 12.1 Å². The van der Waals surface area contributed by atoms with Crippen LogP contribution in [-0.4, -0.2) is 27.6 Å². The molecule has 0 saturated carbocycles. The molecule has 1 fully saturated rings. The first-order chi connectivity index (χ1) is 11.1. The summed E-state index contributed by atoms with van der Waals surface area (Å²) in [6.45, 7) is 7.27. The van der Waals surface area contributed by atoms with Crippen molar-refractivity contribution < 1.29 is 0 Å². The Labute approximate surface area is 137 Å². The molecule has 0 bridgehead atoms. The van der Waals surface area contributed by atoms with E-state index in [0.29, 0.717) is 11.7 Å². The van der Waals surface area contributed by atoms with Gasteiger partial charge in [-0.1, -0.05) is 13.0 Å². The number of hydrogen-bond donors (Lipinski definition) is 0. The van der Waals surface area contributed by atoms with E-state index in [-0.39, 0.29) is 0 Å². The van der Waals surface area contributed by atoms with Crippen LogP contribution in [-0.2, 0) is 0 Å². The van der Waals surface area contributed by atoms with Crippen LogP contribution < -0.4 is 4.90 Å². The molecule has 1 atom stereocenters. The molecule has 2 heterocycles. The van der Waals surface area contributed by atoms with Crippen LogP contribution in [0.2, 0.25) is 0 Å². The number of benzene rings is 1. The fourth-order valence-corrected chi connectivity index (χ4v) is 3.45. The first kappa shape index (κ1) is 15.5. The van der Waals surface area contributed by atoms with Crippen LogP contribution in [0.1, 0.15) is 49.4 Å².